The number of nitrogens with zero attached hydrogens (tertiary/aromatic N) is 2. The van der Waals surface area contributed by atoms with Crippen molar-refractivity contribution in [3.8, 4) is 0 Å². The van der Waals surface area contributed by atoms with Crippen LogP contribution in [0.5, 0.6) is 0 Å². The Kier molecular flexibility index (Phi) is 2.08. The molecule has 0 aromatic heterocycles. The first-order valence-electron chi connectivity index (χ1n) is 6.21. The third kappa shape index (κ3) is 1.38. The molecule has 16 heavy (non-hydrogen) atoms. The Hall–Kier alpha value is -0.963. The number of para-hydroxylation sites is 1. The normalized spacial score (nSPS) is 18.9. The smallest absolute Gasteiger partial charge is 0.0804 e. The van der Waals surface area contributed by atoms with Gasteiger partial charge in [0.15, 0.2) is 0 Å². The summed E-state index contributed by atoms with van der Waals surface area (Å²) in [5.41, 5.74) is 3.04. The van der Waals surface area contributed by atoms with E-state index < -0.39 is 8.07 Å². The number of anilines is 2. The second kappa shape index (κ2) is 3.26. The van der Waals surface area contributed by atoms with E-state index in [0.29, 0.717) is 0 Å². The lowest BCUT2D eigenvalue weighted by Crippen LogP contribution is -2.55. The van der Waals surface area contributed by atoms with Crippen molar-refractivity contribution in [2.45, 2.75) is 19.6 Å². The van der Waals surface area contributed by atoms with E-state index >= 15 is 0 Å². The lowest BCUT2D eigenvalue weighted by Gasteiger charge is -2.47. The van der Waals surface area contributed by atoms with Gasteiger partial charge in [-0.05, 0) is 11.3 Å². The molecule has 2 nitrogen and oxygen atoms in total. The minimum atomic E-state index is -1.22. The van der Waals surface area contributed by atoms with Crippen LogP contribution in [0.1, 0.15) is 0 Å². The average Bonchev–Trinajstić information content (AvgIpc) is 2.29. The SMILES string of the molecule is C[Si](C)(C)c1cccc2c1N1CCN2CC1. The molecule has 1 saturated heterocycles. The van der Waals surface area contributed by atoms with Gasteiger partial charge in [0.25, 0.3) is 0 Å². The van der Waals surface area contributed by atoms with Crippen LogP contribution in [-0.4, -0.2) is 34.3 Å². The highest BCUT2D eigenvalue weighted by atomic mass is 28.3. The number of piperazine rings is 1. The van der Waals surface area contributed by atoms with E-state index in [9.17, 15) is 0 Å². The molecule has 0 radical (unpaired) electrons. The number of hydrogen-bond acceptors (Lipinski definition) is 2. The Morgan fingerprint density at radius 1 is 0.938 bits per heavy atom. The van der Waals surface area contributed by atoms with Gasteiger partial charge in [-0.1, -0.05) is 31.8 Å². The Bertz CT molecular complexity index is 414. The molecule has 4 rings (SSSR count). The van der Waals surface area contributed by atoms with Gasteiger partial charge in [-0.3, -0.25) is 0 Å². The summed E-state index contributed by atoms with van der Waals surface area (Å²) in [4.78, 5) is 5.15. The summed E-state index contributed by atoms with van der Waals surface area (Å²) in [6.07, 6.45) is 0. The van der Waals surface area contributed by atoms with Gasteiger partial charge < -0.3 is 9.80 Å². The van der Waals surface area contributed by atoms with Gasteiger partial charge in [-0.2, -0.15) is 0 Å². The van der Waals surface area contributed by atoms with Crippen molar-refractivity contribution in [2.75, 3.05) is 36.0 Å². The maximum absolute atomic E-state index is 2.60. The van der Waals surface area contributed by atoms with Crippen LogP contribution in [-0.2, 0) is 0 Å². The molecule has 0 amide bonds. The zero-order valence-corrected chi connectivity index (χ0v) is 11.5. The quantitative estimate of drug-likeness (QED) is 0.682. The standard InChI is InChI=1S/C13H20N2Si/c1-16(2,3)12-6-4-5-11-13(12)15-9-7-14(11)8-10-15/h4-6H,7-10H2,1-3H3. The molecular formula is C13H20N2Si. The van der Waals surface area contributed by atoms with Crippen molar-refractivity contribution in [2.24, 2.45) is 0 Å². The molecule has 2 bridgehead atoms. The minimum absolute atomic E-state index is 1.21. The largest absolute Gasteiger partial charge is 0.366 e. The van der Waals surface area contributed by atoms with Gasteiger partial charge in [-0.25, -0.2) is 0 Å². The van der Waals surface area contributed by atoms with E-state index in [-0.39, 0.29) is 0 Å². The lowest BCUT2D eigenvalue weighted by molar-refractivity contribution is 0.626. The molecule has 0 aliphatic carbocycles. The second-order valence-corrected chi connectivity index (χ2v) is 10.9. The Labute approximate surface area is 98.9 Å². The lowest BCUT2D eigenvalue weighted by atomic mass is 10.1. The average molecular weight is 232 g/mol. The second-order valence-electron chi connectivity index (χ2n) is 5.90. The van der Waals surface area contributed by atoms with Crippen molar-refractivity contribution in [1.82, 2.24) is 0 Å². The summed E-state index contributed by atoms with van der Waals surface area (Å²) in [6.45, 7) is 12.2. The Morgan fingerprint density at radius 3 is 2.19 bits per heavy atom. The molecule has 0 N–H and O–H groups in total. The van der Waals surface area contributed by atoms with Gasteiger partial charge >= 0.3 is 0 Å². The zero-order chi connectivity index (χ0) is 11.3. The maximum Gasteiger partial charge on any atom is 0.0804 e. The molecule has 3 heterocycles. The van der Waals surface area contributed by atoms with E-state index in [1.165, 1.54) is 31.9 Å². The fourth-order valence-corrected chi connectivity index (χ4v) is 4.49. The van der Waals surface area contributed by atoms with Crippen LogP contribution in [0.3, 0.4) is 0 Å². The molecular weight excluding hydrogens is 212 g/mol. The van der Waals surface area contributed by atoms with Gasteiger partial charge in [0.2, 0.25) is 0 Å². The minimum Gasteiger partial charge on any atom is -0.366 e. The third-order valence-corrected chi connectivity index (χ3v) is 5.78. The number of benzene rings is 1. The van der Waals surface area contributed by atoms with Gasteiger partial charge in [0, 0.05) is 26.2 Å². The molecule has 0 spiro atoms. The topological polar surface area (TPSA) is 6.48 Å². The predicted octanol–water partition coefficient (Wildman–Crippen LogP) is 1.87. The van der Waals surface area contributed by atoms with E-state index in [0.717, 1.165) is 0 Å². The summed E-state index contributed by atoms with van der Waals surface area (Å²) in [6, 6.07) is 6.89. The molecule has 1 fully saturated rings. The van der Waals surface area contributed by atoms with Gasteiger partial charge in [0.05, 0.1) is 19.4 Å². The summed E-state index contributed by atoms with van der Waals surface area (Å²) in [7, 11) is -1.22. The molecule has 0 unspecified atom stereocenters. The van der Waals surface area contributed by atoms with Crippen molar-refractivity contribution in [3.05, 3.63) is 18.2 Å². The molecule has 1 aromatic rings. The highest BCUT2D eigenvalue weighted by molar-refractivity contribution is 6.90. The molecule has 3 heteroatoms. The van der Waals surface area contributed by atoms with E-state index in [1.54, 1.807) is 10.9 Å². The fraction of sp³-hybridized carbons (Fsp3) is 0.538. The van der Waals surface area contributed by atoms with E-state index in [1.807, 2.05) is 0 Å². The molecule has 3 aliphatic rings. The highest BCUT2D eigenvalue weighted by Crippen LogP contribution is 2.35. The van der Waals surface area contributed by atoms with Crippen LogP contribution >= 0.6 is 0 Å². The van der Waals surface area contributed by atoms with Gasteiger partial charge in [-0.15, -0.1) is 0 Å². The summed E-state index contributed by atoms with van der Waals surface area (Å²) >= 11 is 0. The zero-order valence-electron chi connectivity index (χ0n) is 10.5. The van der Waals surface area contributed by atoms with Crippen LogP contribution in [0, 0.1) is 0 Å². The molecule has 86 valence electrons. The van der Waals surface area contributed by atoms with Crippen LogP contribution in [0.25, 0.3) is 0 Å². The first kappa shape index (κ1) is 10.2. The first-order valence-corrected chi connectivity index (χ1v) is 9.71. The summed E-state index contributed by atoms with van der Waals surface area (Å²) in [5.74, 6) is 0. The van der Waals surface area contributed by atoms with E-state index in [4.69, 9.17) is 0 Å². The molecule has 1 aromatic carbocycles. The third-order valence-electron chi connectivity index (χ3n) is 3.76. The van der Waals surface area contributed by atoms with Crippen LogP contribution < -0.4 is 15.0 Å². The fourth-order valence-electron chi connectivity index (χ4n) is 2.90. The van der Waals surface area contributed by atoms with Crippen molar-refractivity contribution in [1.29, 1.82) is 0 Å². The van der Waals surface area contributed by atoms with Crippen molar-refractivity contribution in [3.63, 3.8) is 0 Å². The molecule has 0 saturated carbocycles. The summed E-state index contributed by atoms with van der Waals surface area (Å²) in [5, 5.41) is 1.63. The Balaban J connectivity index is 2.20. The van der Waals surface area contributed by atoms with Crippen molar-refractivity contribution < 1.29 is 0 Å². The van der Waals surface area contributed by atoms with Crippen LogP contribution in [0.4, 0.5) is 11.4 Å². The van der Waals surface area contributed by atoms with E-state index in [2.05, 4.69) is 47.6 Å². The first-order chi connectivity index (χ1) is 7.57. The number of rotatable bonds is 1. The van der Waals surface area contributed by atoms with Crippen LogP contribution in [0.2, 0.25) is 19.6 Å². The Morgan fingerprint density at radius 2 is 1.56 bits per heavy atom. The van der Waals surface area contributed by atoms with Crippen LogP contribution in [0.15, 0.2) is 18.2 Å². The number of hydrogen-bond donors (Lipinski definition) is 0. The monoisotopic (exact) mass is 232 g/mol. The van der Waals surface area contributed by atoms with Gasteiger partial charge in [0.1, 0.15) is 0 Å². The summed E-state index contributed by atoms with van der Waals surface area (Å²) < 4.78 is 0. The molecule has 0 atom stereocenters. The van der Waals surface area contributed by atoms with Crippen molar-refractivity contribution >= 4 is 24.6 Å². The molecule has 3 aliphatic heterocycles. The maximum atomic E-state index is 2.60. The predicted molar refractivity (Wildman–Crippen MR) is 73.8 cm³/mol. The number of fused-ring (bicyclic) bond motifs is 2. The highest BCUT2D eigenvalue weighted by Gasteiger charge is 2.33.